The summed E-state index contributed by atoms with van der Waals surface area (Å²) < 4.78 is 13.2. The molecule has 0 aliphatic rings. The molecule has 0 unspecified atom stereocenters. The lowest BCUT2D eigenvalue weighted by molar-refractivity contribution is -0.122. The average Bonchev–Trinajstić information content (AvgIpc) is 2.29. The highest BCUT2D eigenvalue weighted by molar-refractivity contribution is 5.81. The van der Waals surface area contributed by atoms with E-state index in [1.165, 1.54) is 6.07 Å². The first-order chi connectivity index (χ1) is 7.54. The van der Waals surface area contributed by atoms with Crippen LogP contribution in [0.2, 0.25) is 0 Å². The van der Waals surface area contributed by atoms with Gasteiger partial charge in [-0.1, -0.05) is 19.1 Å². The number of rotatable bonds is 4. The van der Waals surface area contributed by atoms with Crippen LogP contribution in [-0.2, 0) is 11.3 Å². The third kappa shape index (κ3) is 3.31. The number of halogens is 1. The van der Waals surface area contributed by atoms with Gasteiger partial charge in [0.05, 0.1) is 6.04 Å². The Hall–Kier alpha value is -1.42. The van der Waals surface area contributed by atoms with Gasteiger partial charge in [0.15, 0.2) is 0 Å². The fourth-order valence-corrected chi connectivity index (χ4v) is 1.25. The molecular formula is C12H17FN2O. The number of amides is 1. The molecule has 0 saturated heterocycles. The third-order valence-electron chi connectivity index (χ3n) is 2.48. The van der Waals surface area contributed by atoms with Crippen LogP contribution in [-0.4, -0.2) is 11.9 Å². The molecule has 1 amide bonds. The maximum Gasteiger partial charge on any atom is 0.237 e. The lowest BCUT2D eigenvalue weighted by Crippen LogP contribution is -2.39. The fourth-order valence-electron chi connectivity index (χ4n) is 1.25. The third-order valence-corrected chi connectivity index (χ3v) is 2.48. The minimum Gasteiger partial charge on any atom is -0.351 e. The highest BCUT2D eigenvalue weighted by Crippen LogP contribution is 2.08. The van der Waals surface area contributed by atoms with E-state index < -0.39 is 6.04 Å². The molecule has 0 heterocycles. The summed E-state index contributed by atoms with van der Waals surface area (Å²) in [6.45, 7) is 3.85. The van der Waals surface area contributed by atoms with Gasteiger partial charge in [-0.15, -0.1) is 0 Å². The summed E-state index contributed by atoms with van der Waals surface area (Å²) in [4.78, 5) is 11.4. The molecule has 0 aliphatic carbocycles. The summed E-state index contributed by atoms with van der Waals surface area (Å²) in [5.41, 5.74) is 6.88. The zero-order valence-corrected chi connectivity index (χ0v) is 9.59. The fraction of sp³-hybridized carbons (Fsp3) is 0.417. The van der Waals surface area contributed by atoms with Gasteiger partial charge in [-0.3, -0.25) is 4.79 Å². The molecule has 1 aromatic carbocycles. The zero-order valence-electron chi connectivity index (χ0n) is 9.59. The van der Waals surface area contributed by atoms with Gasteiger partial charge in [-0.2, -0.15) is 0 Å². The van der Waals surface area contributed by atoms with Crippen molar-refractivity contribution in [3.63, 3.8) is 0 Å². The van der Waals surface area contributed by atoms with Gasteiger partial charge in [0.2, 0.25) is 5.91 Å². The van der Waals surface area contributed by atoms with Crippen molar-refractivity contribution in [1.29, 1.82) is 0 Å². The van der Waals surface area contributed by atoms with Crippen molar-refractivity contribution in [3.05, 3.63) is 35.1 Å². The van der Waals surface area contributed by atoms with Gasteiger partial charge in [-0.25, -0.2) is 4.39 Å². The van der Waals surface area contributed by atoms with Crippen molar-refractivity contribution in [1.82, 2.24) is 5.32 Å². The van der Waals surface area contributed by atoms with E-state index in [0.29, 0.717) is 18.5 Å². The molecule has 1 aromatic rings. The number of nitrogens with two attached hydrogens (primary N) is 1. The van der Waals surface area contributed by atoms with Crippen molar-refractivity contribution < 1.29 is 9.18 Å². The summed E-state index contributed by atoms with van der Waals surface area (Å²) in [5, 5.41) is 2.67. The van der Waals surface area contributed by atoms with Gasteiger partial charge < -0.3 is 11.1 Å². The largest absolute Gasteiger partial charge is 0.351 e. The lowest BCUT2D eigenvalue weighted by Gasteiger charge is -2.10. The van der Waals surface area contributed by atoms with Gasteiger partial charge in [0.1, 0.15) is 5.82 Å². The van der Waals surface area contributed by atoms with E-state index in [1.807, 2.05) is 6.92 Å². The Bertz CT molecular complexity index is 379. The monoisotopic (exact) mass is 224 g/mol. The first-order valence-corrected chi connectivity index (χ1v) is 5.33. The summed E-state index contributed by atoms with van der Waals surface area (Å²) >= 11 is 0. The first-order valence-electron chi connectivity index (χ1n) is 5.33. The topological polar surface area (TPSA) is 55.1 Å². The molecule has 4 heteroatoms. The maximum absolute atomic E-state index is 13.2. The molecule has 0 aromatic heterocycles. The minimum atomic E-state index is -0.490. The van der Waals surface area contributed by atoms with Crippen LogP contribution >= 0.6 is 0 Å². The summed E-state index contributed by atoms with van der Waals surface area (Å²) in [5.74, 6) is -0.463. The van der Waals surface area contributed by atoms with Crippen molar-refractivity contribution in [2.75, 3.05) is 0 Å². The Kier molecular flexibility index (Phi) is 4.43. The quantitative estimate of drug-likeness (QED) is 0.814. The molecule has 0 fully saturated rings. The Morgan fingerprint density at radius 2 is 2.25 bits per heavy atom. The molecule has 0 radical (unpaired) electrons. The Morgan fingerprint density at radius 1 is 1.56 bits per heavy atom. The summed E-state index contributed by atoms with van der Waals surface area (Å²) in [7, 11) is 0. The van der Waals surface area contributed by atoms with E-state index in [1.54, 1.807) is 19.1 Å². The average molecular weight is 224 g/mol. The number of hydrogen-bond donors (Lipinski definition) is 2. The van der Waals surface area contributed by atoms with Crippen molar-refractivity contribution in [3.8, 4) is 0 Å². The van der Waals surface area contributed by atoms with Crippen LogP contribution in [0.4, 0.5) is 4.39 Å². The van der Waals surface area contributed by atoms with E-state index in [2.05, 4.69) is 5.32 Å². The van der Waals surface area contributed by atoms with Crippen LogP contribution in [0.3, 0.4) is 0 Å². The molecule has 0 spiro atoms. The number of carbonyl (C=O) groups excluding carboxylic acids is 1. The molecule has 88 valence electrons. The lowest BCUT2D eigenvalue weighted by atomic mass is 10.1. The van der Waals surface area contributed by atoms with Gasteiger partial charge in [-0.05, 0) is 30.5 Å². The van der Waals surface area contributed by atoms with Gasteiger partial charge >= 0.3 is 0 Å². The van der Waals surface area contributed by atoms with Crippen molar-refractivity contribution in [2.24, 2.45) is 5.73 Å². The Labute approximate surface area is 94.8 Å². The van der Waals surface area contributed by atoms with E-state index in [0.717, 1.165) is 5.56 Å². The molecule has 0 aliphatic heterocycles. The molecular weight excluding hydrogens is 207 g/mol. The molecule has 3 nitrogen and oxygen atoms in total. The Morgan fingerprint density at radius 3 is 2.81 bits per heavy atom. The maximum atomic E-state index is 13.2. The highest BCUT2D eigenvalue weighted by atomic mass is 19.1. The molecule has 16 heavy (non-hydrogen) atoms. The van der Waals surface area contributed by atoms with Crippen molar-refractivity contribution >= 4 is 5.91 Å². The van der Waals surface area contributed by atoms with E-state index in [-0.39, 0.29) is 11.7 Å². The normalized spacial score (nSPS) is 12.2. The predicted molar refractivity (Wildman–Crippen MR) is 61.3 cm³/mol. The molecule has 0 bridgehead atoms. The predicted octanol–water partition coefficient (Wildman–Crippen LogP) is 1.49. The van der Waals surface area contributed by atoms with Crippen LogP contribution in [0.25, 0.3) is 0 Å². The number of hydrogen-bond acceptors (Lipinski definition) is 2. The first kappa shape index (κ1) is 12.6. The number of nitrogens with one attached hydrogen (secondary N) is 1. The zero-order chi connectivity index (χ0) is 12.1. The standard InChI is InChI=1S/C12H17FN2O/c1-3-11(14)12(16)15-7-9-5-4-8(2)10(13)6-9/h4-6,11H,3,7,14H2,1-2H3,(H,15,16)/t11-/m1/s1. The molecule has 0 saturated carbocycles. The summed E-state index contributed by atoms with van der Waals surface area (Å²) in [6.07, 6.45) is 0.591. The van der Waals surface area contributed by atoms with Crippen LogP contribution in [0.15, 0.2) is 18.2 Å². The molecule has 1 rings (SSSR count). The number of carbonyl (C=O) groups is 1. The molecule has 3 N–H and O–H groups in total. The Balaban J connectivity index is 2.55. The second kappa shape index (κ2) is 5.61. The van der Waals surface area contributed by atoms with E-state index >= 15 is 0 Å². The second-order valence-corrected chi connectivity index (χ2v) is 3.82. The van der Waals surface area contributed by atoms with E-state index in [9.17, 15) is 9.18 Å². The van der Waals surface area contributed by atoms with Crippen LogP contribution in [0, 0.1) is 12.7 Å². The van der Waals surface area contributed by atoms with Crippen molar-refractivity contribution in [2.45, 2.75) is 32.9 Å². The minimum absolute atomic E-state index is 0.205. The van der Waals surface area contributed by atoms with E-state index in [4.69, 9.17) is 5.73 Å². The SMILES string of the molecule is CC[C@@H](N)C(=O)NCc1ccc(C)c(F)c1. The van der Waals surface area contributed by atoms with Gasteiger partial charge in [0, 0.05) is 6.54 Å². The number of aryl methyl sites for hydroxylation is 1. The summed E-state index contributed by atoms with van der Waals surface area (Å²) in [6, 6.07) is 4.41. The van der Waals surface area contributed by atoms with Crippen LogP contribution in [0.1, 0.15) is 24.5 Å². The van der Waals surface area contributed by atoms with Crippen LogP contribution < -0.4 is 11.1 Å². The number of benzene rings is 1. The molecule has 1 atom stereocenters. The van der Waals surface area contributed by atoms with Gasteiger partial charge in [0.25, 0.3) is 0 Å². The second-order valence-electron chi connectivity index (χ2n) is 3.82. The smallest absolute Gasteiger partial charge is 0.237 e. The highest BCUT2D eigenvalue weighted by Gasteiger charge is 2.10. The van der Waals surface area contributed by atoms with Crippen LogP contribution in [0.5, 0.6) is 0 Å².